The van der Waals surface area contributed by atoms with Gasteiger partial charge in [0.05, 0.1) is 6.10 Å². The molecule has 1 saturated heterocycles. The summed E-state index contributed by atoms with van der Waals surface area (Å²) in [7, 11) is 0. The molecule has 108 valence electrons. The Morgan fingerprint density at radius 2 is 2.00 bits per heavy atom. The van der Waals surface area contributed by atoms with Gasteiger partial charge in [-0.15, -0.1) is 0 Å². The lowest BCUT2D eigenvalue weighted by Crippen LogP contribution is -2.32. The maximum Gasteiger partial charge on any atom is 0.0699 e. The first kappa shape index (κ1) is 15.9. The maximum atomic E-state index is 5.80. The van der Waals surface area contributed by atoms with Crippen molar-refractivity contribution < 1.29 is 4.74 Å². The molecule has 0 radical (unpaired) electrons. The first-order chi connectivity index (χ1) is 8.86. The number of unbranched alkanes of at least 4 members (excludes halogenated alkanes) is 3. The van der Waals surface area contributed by atoms with Gasteiger partial charge in [0.15, 0.2) is 0 Å². The number of rotatable bonds is 9. The summed E-state index contributed by atoms with van der Waals surface area (Å²) < 4.78 is 5.80. The Morgan fingerprint density at radius 3 is 2.78 bits per heavy atom. The molecule has 1 heterocycles. The van der Waals surface area contributed by atoms with Gasteiger partial charge >= 0.3 is 0 Å². The highest BCUT2D eigenvalue weighted by Gasteiger charge is 2.16. The molecule has 1 atom stereocenters. The highest BCUT2D eigenvalue weighted by molar-refractivity contribution is 4.69. The Labute approximate surface area is 113 Å². The molecule has 18 heavy (non-hydrogen) atoms. The largest absolute Gasteiger partial charge is 0.377 e. The van der Waals surface area contributed by atoms with Crippen LogP contribution in [0, 0.1) is 0 Å². The van der Waals surface area contributed by atoms with Crippen LogP contribution < -0.4 is 5.32 Å². The highest BCUT2D eigenvalue weighted by Crippen LogP contribution is 2.10. The molecule has 0 spiro atoms. The van der Waals surface area contributed by atoms with E-state index in [-0.39, 0.29) is 0 Å². The minimum absolute atomic E-state index is 0.473. The van der Waals surface area contributed by atoms with Crippen LogP contribution in [0.2, 0.25) is 0 Å². The van der Waals surface area contributed by atoms with Gasteiger partial charge in [0.1, 0.15) is 0 Å². The van der Waals surface area contributed by atoms with E-state index >= 15 is 0 Å². The second-order valence-electron chi connectivity index (χ2n) is 5.32. The minimum atomic E-state index is 0.473. The molecule has 0 aliphatic carbocycles. The van der Waals surface area contributed by atoms with Crippen LogP contribution in [-0.2, 0) is 4.74 Å². The zero-order valence-electron chi connectivity index (χ0n) is 12.4. The van der Waals surface area contributed by atoms with Crippen LogP contribution in [-0.4, -0.2) is 50.3 Å². The molecule has 0 saturated carbocycles. The van der Waals surface area contributed by atoms with Crippen molar-refractivity contribution in [3.8, 4) is 0 Å². The molecule has 1 N–H and O–H groups in total. The number of nitrogens with one attached hydrogen (secondary N) is 1. The summed E-state index contributed by atoms with van der Waals surface area (Å²) in [4.78, 5) is 2.60. The van der Waals surface area contributed by atoms with Crippen molar-refractivity contribution in [2.75, 3.05) is 39.3 Å². The normalized spacial score (nSPS) is 22.0. The Bertz CT molecular complexity index is 187. The second-order valence-corrected chi connectivity index (χ2v) is 5.32. The fourth-order valence-corrected chi connectivity index (χ4v) is 2.54. The molecule has 1 rings (SSSR count). The molecule has 0 aromatic carbocycles. The molecule has 3 heteroatoms. The third-order valence-electron chi connectivity index (χ3n) is 3.72. The zero-order chi connectivity index (χ0) is 13.1. The quantitative estimate of drug-likeness (QED) is 0.642. The average Bonchev–Trinajstić information content (AvgIpc) is 2.63. The summed E-state index contributed by atoms with van der Waals surface area (Å²) in [6.45, 7) is 11.3. The molecule has 1 fully saturated rings. The van der Waals surface area contributed by atoms with E-state index in [2.05, 4.69) is 24.1 Å². The summed E-state index contributed by atoms with van der Waals surface area (Å²) in [5.74, 6) is 0. The van der Waals surface area contributed by atoms with E-state index < -0.39 is 0 Å². The second kappa shape index (κ2) is 10.8. The van der Waals surface area contributed by atoms with Gasteiger partial charge in [0.25, 0.3) is 0 Å². The van der Waals surface area contributed by atoms with Crippen molar-refractivity contribution in [2.45, 2.75) is 58.5 Å². The van der Waals surface area contributed by atoms with Crippen molar-refractivity contribution in [3.63, 3.8) is 0 Å². The number of nitrogens with zero attached hydrogens (tertiary/aromatic N) is 1. The molecular formula is C15H32N2O. The van der Waals surface area contributed by atoms with Gasteiger partial charge < -0.3 is 15.0 Å². The van der Waals surface area contributed by atoms with E-state index in [0.29, 0.717) is 6.10 Å². The molecule has 1 aliphatic rings. The van der Waals surface area contributed by atoms with Crippen LogP contribution in [0.25, 0.3) is 0 Å². The van der Waals surface area contributed by atoms with Crippen molar-refractivity contribution in [2.24, 2.45) is 0 Å². The molecule has 3 nitrogen and oxygen atoms in total. The molecule has 0 bridgehead atoms. The van der Waals surface area contributed by atoms with E-state index in [9.17, 15) is 0 Å². The molecule has 0 aromatic heterocycles. The lowest BCUT2D eigenvalue weighted by molar-refractivity contribution is 0.0517. The van der Waals surface area contributed by atoms with Gasteiger partial charge in [-0.25, -0.2) is 0 Å². The van der Waals surface area contributed by atoms with Crippen molar-refractivity contribution >= 4 is 0 Å². The summed E-state index contributed by atoms with van der Waals surface area (Å²) in [6, 6.07) is 0. The van der Waals surface area contributed by atoms with E-state index in [0.717, 1.165) is 26.1 Å². The highest BCUT2D eigenvalue weighted by atomic mass is 16.5. The summed E-state index contributed by atoms with van der Waals surface area (Å²) in [6.07, 6.45) is 8.25. The van der Waals surface area contributed by atoms with E-state index in [1.165, 1.54) is 51.7 Å². The fraction of sp³-hybridized carbons (Fsp3) is 1.00. The lowest BCUT2D eigenvalue weighted by Gasteiger charge is -2.22. The number of ether oxygens (including phenoxy) is 1. The van der Waals surface area contributed by atoms with Gasteiger partial charge in [-0.2, -0.15) is 0 Å². The van der Waals surface area contributed by atoms with Gasteiger partial charge in [-0.3, -0.25) is 0 Å². The van der Waals surface area contributed by atoms with Gasteiger partial charge in [0.2, 0.25) is 0 Å². The van der Waals surface area contributed by atoms with Gasteiger partial charge in [0, 0.05) is 19.7 Å². The molecule has 1 unspecified atom stereocenters. The van der Waals surface area contributed by atoms with Crippen LogP contribution in [0.3, 0.4) is 0 Å². The van der Waals surface area contributed by atoms with Gasteiger partial charge in [-0.1, -0.05) is 26.7 Å². The zero-order valence-corrected chi connectivity index (χ0v) is 12.4. The summed E-state index contributed by atoms with van der Waals surface area (Å²) in [5.41, 5.74) is 0. The third kappa shape index (κ3) is 7.34. The third-order valence-corrected chi connectivity index (χ3v) is 3.72. The molecule has 0 aromatic rings. The van der Waals surface area contributed by atoms with Crippen LogP contribution in [0.15, 0.2) is 0 Å². The predicted molar refractivity (Wildman–Crippen MR) is 78.1 cm³/mol. The van der Waals surface area contributed by atoms with Crippen LogP contribution in [0.4, 0.5) is 0 Å². The van der Waals surface area contributed by atoms with Gasteiger partial charge in [-0.05, 0) is 45.3 Å². The molecule has 0 amide bonds. The summed E-state index contributed by atoms with van der Waals surface area (Å²) in [5, 5.41) is 3.38. The first-order valence-electron chi connectivity index (χ1n) is 7.91. The first-order valence-corrected chi connectivity index (χ1v) is 7.91. The van der Waals surface area contributed by atoms with E-state index in [1.807, 2.05) is 0 Å². The van der Waals surface area contributed by atoms with Crippen LogP contribution in [0.5, 0.6) is 0 Å². The van der Waals surface area contributed by atoms with Crippen molar-refractivity contribution in [1.82, 2.24) is 10.2 Å². The standard InChI is InChI=1S/C15H32N2O/c1-3-15-14-17(12-9-13-18-15)11-8-6-5-7-10-16-4-2/h15-16H,3-14H2,1-2H3. The van der Waals surface area contributed by atoms with Crippen LogP contribution in [0.1, 0.15) is 52.4 Å². The smallest absolute Gasteiger partial charge is 0.0699 e. The Hall–Kier alpha value is -0.120. The lowest BCUT2D eigenvalue weighted by atomic mass is 10.1. The van der Waals surface area contributed by atoms with Crippen molar-refractivity contribution in [3.05, 3.63) is 0 Å². The average molecular weight is 256 g/mol. The Morgan fingerprint density at radius 1 is 1.17 bits per heavy atom. The minimum Gasteiger partial charge on any atom is -0.377 e. The maximum absolute atomic E-state index is 5.80. The number of hydrogen-bond donors (Lipinski definition) is 1. The van der Waals surface area contributed by atoms with Crippen molar-refractivity contribution in [1.29, 1.82) is 0 Å². The molecule has 1 aliphatic heterocycles. The predicted octanol–water partition coefficient (Wildman–Crippen LogP) is 2.66. The molecular weight excluding hydrogens is 224 g/mol. The van der Waals surface area contributed by atoms with E-state index in [4.69, 9.17) is 4.74 Å². The van der Waals surface area contributed by atoms with Crippen LogP contribution >= 0.6 is 0 Å². The monoisotopic (exact) mass is 256 g/mol. The number of hydrogen-bond acceptors (Lipinski definition) is 3. The SMILES string of the molecule is CCNCCCCCCN1CCCOC(CC)C1. The summed E-state index contributed by atoms with van der Waals surface area (Å²) >= 11 is 0. The Kier molecular flexibility index (Phi) is 9.54. The fourth-order valence-electron chi connectivity index (χ4n) is 2.54. The van der Waals surface area contributed by atoms with E-state index in [1.54, 1.807) is 0 Å². The Balaban J connectivity index is 1.99. The topological polar surface area (TPSA) is 24.5 Å².